The van der Waals surface area contributed by atoms with Crippen LogP contribution in [0.1, 0.15) is 31.0 Å². The van der Waals surface area contributed by atoms with Gasteiger partial charge in [0.1, 0.15) is 0 Å². The lowest BCUT2D eigenvalue weighted by molar-refractivity contribution is 0.364. The van der Waals surface area contributed by atoms with E-state index in [-0.39, 0.29) is 5.56 Å². The zero-order valence-electron chi connectivity index (χ0n) is 16.0. The van der Waals surface area contributed by atoms with Crippen LogP contribution in [0.2, 0.25) is 0 Å². The second-order valence-corrected chi connectivity index (χ2v) is 7.45. The first-order valence-electron chi connectivity index (χ1n) is 9.44. The Balaban J connectivity index is 1.43. The molecule has 1 atom stereocenters. The number of aromatic nitrogens is 3. The van der Waals surface area contributed by atoms with Crippen molar-refractivity contribution in [3.8, 4) is 0 Å². The first kappa shape index (κ1) is 18.6. The number of hydrogen-bond donors (Lipinski definition) is 1. The van der Waals surface area contributed by atoms with Gasteiger partial charge in [-0.2, -0.15) is 5.10 Å². The van der Waals surface area contributed by atoms with Crippen molar-refractivity contribution in [2.24, 2.45) is 13.0 Å². The number of pyridine rings is 1. The second kappa shape index (κ2) is 8.45. The molecule has 0 bridgehead atoms. The third-order valence-corrected chi connectivity index (χ3v) is 5.18. The summed E-state index contributed by atoms with van der Waals surface area (Å²) >= 11 is 0. The van der Waals surface area contributed by atoms with E-state index in [9.17, 15) is 4.79 Å². The van der Waals surface area contributed by atoms with Gasteiger partial charge < -0.3 is 10.2 Å². The molecule has 0 saturated carbocycles. The van der Waals surface area contributed by atoms with Crippen molar-refractivity contribution in [1.29, 1.82) is 0 Å². The molecule has 0 radical (unpaired) electrons. The molecule has 1 saturated heterocycles. The number of aryl methyl sites for hydroxylation is 2. The van der Waals surface area contributed by atoms with Crippen molar-refractivity contribution in [1.82, 2.24) is 20.1 Å². The summed E-state index contributed by atoms with van der Waals surface area (Å²) in [6.07, 6.45) is 6.95. The standard InChI is InChI=1S/C20H29N5O/c1-15-4-5-18(22-12-15)10-16(2)21-13-17-6-8-25(9-7-17)19-11-20(26)24(3)23-14-19/h4-5,11-12,14,16-17,21H,6-10,13H2,1-3H3. The van der Waals surface area contributed by atoms with Gasteiger partial charge >= 0.3 is 0 Å². The molecule has 0 spiro atoms. The topological polar surface area (TPSA) is 63.1 Å². The normalized spacial score (nSPS) is 16.7. The zero-order valence-corrected chi connectivity index (χ0v) is 16.0. The van der Waals surface area contributed by atoms with E-state index >= 15 is 0 Å². The average molecular weight is 355 g/mol. The highest BCUT2D eigenvalue weighted by Gasteiger charge is 2.20. The minimum absolute atomic E-state index is 0.0511. The van der Waals surface area contributed by atoms with Crippen molar-refractivity contribution in [2.75, 3.05) is 24.5 Å². The van der Waals surface area contributed by atoms with Crippen LogP contribution in [0.3, 0.4) is 0 Å². The first-order valence-corrected chi connectivity index (χ1v) is 9.44. The molecule has 1 N–H and O–H groups in total. The summed E-state index contributed by atoms with van der Waals surface area (Å²) < 4.78 is 1.37. The summed E-state index contributed by atoms with van der Waals surface area (Å²) in [5.41, 5.74) is 3.24. The van der Waals surface area contributed by atoms with E-state index < -0.39 is 0 Å². The lowest BCUT2D eigenvalue weighted by Crippen LogP contribution is -2.40. The van der Waals surface area contributed by atoms with Crippen LogP contribution < -0.4 is 15.8 Å². The SMILES string of the molecule is Cc1ccc(CC(C)NCC2CCN(c3cnn(C)c(=O)c3)CC2)nc1. The molecule has 26 heavy (non-hydrogen) atoms. The van der Waals surface area contributed by atoms with E-state index in [1.807, 2.05) is 6.20 Å². The van der Waals surface area contributed by atoms with E-state index in [0.717, 1.165) is 50.3 Å². The van der Waals surface area contributed by atoms with Gasteiger partial charge in [-0.05, 0) is 50.8 Å². The fraction of sp³-hybridized carbons (Fsp3) is 0.550. The van der Waals surface area contributed by atoms with Crippen molar-refractivity contribution in [3.05, 3.63) is 52.2 Å². The molecule has 1 unspecified atom stereocenters. The quantitative estimate of drug-likeness (QED) is 0.858. The number of hydrogen-bond acceptors (Lipinski definition) is 5. The Bertz CT molecular complexity index is 763. The van der Waals surface area contributed by atoms with Crippen molar-refractivity contribution in [3.63, 3.8) is 0 Å². The maximum Gasteiger partial charge on any atom is 0.268 e. The fourth-order valence-corrected chi connectivity index (χ4v) is 3.40. The molecule has 1 fully saturated rings. The van der Waals surface area contributed by atoms with E-state index in [4.69, 9.17) is 0 Å². The molecule has 1 aliphatic heterocycles. The minimum Gasteiger partial charge on any atom is -0.370 e. The number of anilines is 1. The maximum atomic E-state index is 11.8. The molecule has 0 aromatic carbocycles. The third-order valence-electron chi connectivity index (χ3n) is 5.18. The molecular weight excluding hydrogens is 326 g/mol. The summed E-state index contributed by atoms with van der Waals surface area (Å²) in [5, 5.41) is 7.78. The summed E-state index contributed by atoms with van der Waals surface area (Å²) in [6, 6.07) is 6.34. The first-order chi connectivity index (χ1) is 12.5. The summed E-state index contributed by atoms with van der Waals surface area (Å²) in [6.45, 7) is 7.29. The molecule has 6 heteroatoms. The number of nitrogens with zero attached hydrogens (tertiary/aromatic N) is 4. The molecule has 3 heterocycles. The van der Waals surface area contributed by atoms with Gasteiger partial charge in [0, 0.05) is 50.6 Å². The monoisotopic (exact) mass is 355 g/mol. The molecule has 2 aromatic heterocycles. The van der Waals surface area contributed by atoms with Gasteiger partial charge in [-0.3, -0.25) is 9.78 Å². The molecule has 0 aliphatic carbocycles. The van der Waals surface area contributed by atoms with Crippen LogP contribution in [0.15, 0.2) is 35.4 Å². The van der Waals surface area contributed by atoms with Crippen molar-refractivity contribution in [2.45, 2.75) is 39.2 Å². The van der Waals surface area contributed by atoms with E-state index in [1.54, 1.807) is 19.3 Å². The molecule has 0 amide bonds. The average Bonchev–Trinajstić information content (AvgIpc) is 2.65. The van der Waals surface area contributed by atoms with Gasteiger partial charge in [-0.1, -0.05) is 6.07 Å². The highest BCUT2D eigenvalue weighted by Crippen LogP contribution is 2.21. The summed E-state index contributed by atoms with van der Waals surface area (Å²) in [7, 11) is 1.68. The van der Waals surface area contributed by atoms with Crippen LogP contribution in [0, 0.1) is 12.8 Å². The number of nitrogens with one attached hydrogen (secondary N) is 1. The Labute approximate surface area is 155 Å². The van der Waals surface area contributed by atoms with Gasteiger partial charge in [-0.15, -0.1) is 0 Å². The molecule has 140 valence electrons. The largest absolute Gasteiger partial charge is 0.370 e. The van der Waals surface area contributed by atoms with Crippen LogP contribution in [0.4, 0.5) is 5.69 Å². The fourth-order valence-electron chi connectivity index (χ4n) is 3.40. The maximum absolute atomic E-state index is 11.8. The van der Waals surface area contributed by atoms with Crippen molar-refractivity contribution >= 4 is 5.69 Å². The van der Waals surface area contributed by atoms with Crippen LogP contribution in [-0.4, -0.2) is 40.4 Å². The number of piperidine rings is 1. The van der Waals surface area contributed by atoms with Gasteiger partial charge in [0.15, 0.2) is 0 Å². The van der Waals surface area contributed by atoms with E-state index in [1.165, 1.54) is 10.2 Å². The van der Waals surface area contributed by atoms with Gasteiger partial charge in [0.05, 0.1) is 11.9 Å². The van der Waals surface area contributed by atoms with Crippen LogP contribution in [0.25, 0.3) is 0 Å². The third kappa shape index (κ3) is 4.91. The molecule has 1 aliphatic rings. The predicted octanol–water partition coefficient (Wildman–Crippen LogP) is 1.92. The Hall–Kier alpha value is -2.21. The minimum atomic E-state index is -0.0511. The molecule has 3 rings (SSSR count). The summed E-state index contributed by atoms with van der Waals surface area (Å²) in [5.74, 6) is 0.680. The van der Waals surface area contributed by atoms with Gasteiger partial charge in [0.2, 0.25) is 0 Å². The van der Waals surface area contributed by atoms with E-state index in [2.05, 4.69) is 46.3 Å². The van der Waals surface area contributed by atoms with E-state index in [0.29, 0.717) is 12.0 Å². The molecule has 2 aromatic rings. The lowest BCUT2D eigenvalue weighted by Gasteiger charge is -2.34. The Kier molecular flexibility index (Phi) is 6.04. The van der Waals surface area contributed by atoms with Crippen LogP contribution in [-0.2, 0) is 13.5 Å². The molecular formula is C20H29N5O. The summed E-state index contributed by atoms with van der Waals surface area (Å²) in [4.78, 5) is 18.5. The highest BCUT2D eigenvalue weighted by atomic mass is 16.1. The Morgan fingerprint density at radius 1 is 1.27 bits per heavy atom. The highest BCUT2D eigenvalue weighted by molar-refractivity contribution is 5.43. The Morgan fingerprint density at radius 3 is 2.69 bits per heavy atom. The van der Waals surface area contributed by atoms with Crippen LogP contribution in [0.5, 0.6) is 0 Å². The smallest absolute Gasteiger partial charge is 0.268 e. The Morgan fingerprint density at radius 2 is 2.04 bits per heavy atom. The number of rotatable bonds is 6. The van der Waals surface area contributed by atoms with Gasteiger partial charge in [-0.25, -0.2) is 4.68 Å². The van der Waals surface area contributed by atoms with Crippen LogP contribution >= 0.6 is 0 Å². The van der Waals surface area contributed by atoms with Crippen molar-refractivity contribution < 1.29 is 0 Å². The van der Waals surface area contributed by atoms with Gasteiger partial charge in [0.25, 0.3) is 5.56 Å². The zero-order chi connectivity index (χ0) is 18.5. The lowest BCUT2D eigenvalue weighted by atomic mass is 9.96. The predicted molar refractivity (Wildman–Crippen MR) is 105 cm³/mol. The second-order valence-electron chi connectivity index (χ2n) is 7.45. The molecule has 6 nitrogen and oxygen atoms in total.